The lowest BCUT2D eigenvalue weighted by atomic mass is 10.3. The number of carboxylic acids is 1. The molecule has 17 heavy (non-hydrogen) atoms. The Morgan fingerprint density at radius 2 is 1.88 bits per heavy atom. The molecule has 0 spiro atoms. The number of nitrogens with one attached hydrogen (secondary N) is 1. The van der Waals surface area contributed by atoms with Gasteiger partial charge in [-0.15, -0.1) is 0 Å². The molecule has 0 fully saturated rings. The van der Waals surface area contributed by atoms with Gasteiger partial charge in [0.15, 0.2) is 0 Å². The fraction of sp³-hybridized carbons (Fsp3) is 0.500. The molecule has 0 aliphatic carbocycles. The second kappa shape index (κ2) is 5.22. The first kappa shape index (κ1) is 13.6. The van der Waals surface area contributed by atoms with Gasteiger partial charge in [-0.1, -0.05) is 0 Å². The molecule has 6 nitrogen and oxygen atoms in total. The van der Waals surface area contributed by atoms with Crippen molar-refractivity contribution < 1.29 is 18.3 Å². The number of hydrogen-bond donors (Lipinski definition) is 2. The lowest BCUT2D eigenvalue weighted by Crippen LogP contribution is -2.27. The maximum absolute atomic E-state index is 11.7. The topological polar surface area (TPSA) is 88.4 Å². The van der Waals surface area contributed by atoms with Gasteiger partial charge in [-0.05, 0) is 32.4 Å². The third-order valence-corrected chi connectivity index (χ3v) is 3.59. The molecule has 1 rings (SSSR count). The molecule has 96 valence electrons. The predicted octanol–water partition coefficient (Wildman–Crippen LogP) is 0.843. The van der Waals surface area contributed by atoms with E-state index in [9.17, 15) is 13.2 Å². The third-order valence-electron chi connectivity index (χ3n) is 2.31. The molecule has 7 heteroatoms. The Kier molecular flexibility index (Phi) is 4.17. The predicted molar refractivity (Wildman–Crippen MR) is 63.9 cm³/mol. The van der Waals surface area contributed by atoms with Gasteiger partial charge < -0.3 is 5.11 Å². The largest absolute Gasteiger partial charge is 0.481 e. The molecule has 0 bridgehead atoms. The van der Waals surface area contributed by atoms with Crippen molar-refractivity contribution in [2.75, 3.05) is 10.6 Å². The van der Waals surface area contributed by atoms with Crippen LogP contribution in [-0.4, -0.2) is 29.9 Å². The van der Waals surface area contributed by atoms with Crippen molar-refractivity contribution in [3.8, 4) is 0 Å². The minimum atomic E-state index is -3.50. The monoisotopic (exact) mass is 260 g/mol. The molecular weight excluding hydrogens is 244 g/mol. The molecular formula is C10H16N2O4S. The van der Waals surface area contributed by atoms with Gasteiger partial charge in [-0.25, -0.2) is 13.2 Å². The van der Waals surface area contributed by atoms with Gasteiger partial charge >= 0.3 is 5.97 Å². The SMILES string of the molecule is Cc1ccc(C)n1NS(=O)(=O)CCCC(=O)O. The zero-order chi connectivity index (χ0) is 13.1. The average molecular weight is 260 g/mol. The standard InChI is InChI=1S/C10H16N2O4S/c1-8-5-6-9(2)12(8)11-17(15,16)7-3-4-10(13)14/h5-6,11H,3-4,7H2,1-2H3,(H,13,14). The molecule has 0 saturated heterocycles. The minimum absolute atomic E-state index is 0.101. The van der Waals surface area contributed by atoms with Crippen molar-refractivity contribution in [1.82, 2.24) is 4.68 Å². The molecule has 0 unspecified atom stereocenters. The maximum atomic E-state index is 11.7. The molecule has 0 saturated carbocycles. The van der Waals surface area contributed by atoms with Crippen LogP contribution in [0.3, 0.4) is 0 Å². The molecule has 0 aromatic carbocycles. The first-order valence-electron chi connectivity index (χ1n) is 5.19. The van der Waals surface area contributed by atoms with Crippen LogP contribution in [0, 0.1) is 13.8 Å². The number of aliphatic carboxylic acids is 1. The van der Waals surface area contributed by atoms with Crippen LogP contribution in [0.25, 0.3) is 0 Å². The average Bonchev–Trinajstić information content (AvgIpc) is 2.48. The number of carbonyl (C=O) groups is 1. The zero-order valence-corrected chi connectivity index (χ0v) is 10.6. The Morgan fingerprint density at radius 1 is 1.35 bits per heavy atom. The van der Waals surface area contributed by atoms with E-state index in [1.165, 1.54) is 4.68 Å². The molecule has 0 radical (unpaired) electrons. The van der Waals surface area contributed by atoms with E-state index >= 15 is 0 Å². The Morgan fingerprint density at radius 3 is 2.35 bits per heavy atom. The first-order chi connectivity index (χ1) is 7.82. The van der Waals surface area contributed by atoms with E-state index in [1.807, 2.05) is 0 Å². The zero-order valence-electron chi connectivity index (χ0n) is 9.80. The van der Waals surface area contributed by atoms with Crippen LogP contribution in [0.5, 0.6) is 0 Å². The molecule has 1 aromatic rings. The van der Waals surface area contributed by atoms with E-state index in [-0.39, 0.29) is 18.6 Å². The van der Waals surface area contributed by atoms with Crippen molar-refractivity contribution in [2.24, 2.45) is 0 Å². The molecule has 1 aromatic heterocycles. The summed E-state index contributed by atoms with van der Waals surface area (Å²) in [5.41, 5.74) is 1.56. The fourth-order valence-electron chi connectivity index (χ4n) is 1.41. The number of rotatable bonds is 6. The van der Waals surface area contributed by atoms with Crippen LogP contribution in [0.1, 0.15) is 24.2 Å². The molecule has 0 amide bonds. The van der Waals surface area contributed by atoms with E-state index in [4.69, 9.17) is 5.11 Å². The highest BCUT2D eigenvalue weighted by atomic mass is 32.2. The molecule has 1 heterocycles. The van der Waals surface area contributed by atoms with Crippen LogP contribution in [-0.2, 0) is 14.8 Å². The summed E-state index contributed by atoms with van der Waals surface area (Å²) < 4.78 is 24.8. The highest BCUT2D eigenvalue weighted by molar-refractivity contribution is 7.92. The molecule has 0 atom stereocenters. The van der Waals surface area contributed by atoms with Crippen LogP contribution in [0.15, 0.2) is 12.1 Å². The van der Waals surface area contributed by atoms with E-state index in [0.29, 0.717) is 0 Å². The molecule has 2 N–H and O–H groups in total. The Bertz CT molecular complexity index is 485. The van der Waals surface area contributed by atoms with E-state index in [1.54, 1.807) is 26.0 Å². The first-order valence-corrected chi connectivity index (χ1v) is 6.84. The maximum Gasteiger partial charge on any atom is 0.303 e. The van der Waals surface area contributed by atoms with Crippen LogP contribution < -0.4 is 4.83 Å². The van der Waals surface area contributed by atoms with Gasteiger partial charge in [0.05, 0.1) is 5.75 Å². The Hall–Kier alpha value is -1.50. The highest BCUT2D eigenvalue weighted by Gasteiger charge is 2.13. The summed E-state index contributed by atoms with van der Waals surface area (Å²) in [4.78, 5) is 12.7. The van der Waals surface area contributed by atoms with Gasteiger partial charge in [0.25, 0.3) is 0 Å². The number of hydrogen-bond acceptors (Lipinski definition) is 3. The van der Waals surface area contributed by atoms with Gasteiger partial charge in [0, 0.05) is 17.8 Å². The summed E-state index contributed by atoms with van der Waals surface area (Å²) in [5.74, 6) is -1.19. The lowest BCUT2D eigenvalue weighted by Gasteiger charge is -2.12. The van der Waals surface area contributed by atoms with E-state index in [2.05, 4.69) is 4.83 Å². The van der Waals surface area contributed by atoms with Gasteiger partial charge in [-0.2, -0.15) is 0 Å². The van der Waals surface area contributed by atoms with E-state index in [0.717, 1.165) is 11.4 Å². The second-order valence-corrected chi connectivity index (χ2v) is 5.68. The molecule has 0 aliphatic heterocycles. The normalized spacial score (nSPS) is 11.4. The summed E-state index contributed by atoms with van der Waals surface area (Å²) in [6, 6.07) is 3.60. The number of carboxylic acid groups (broad SMARTS) is 1. The molecule has 0 aliphatic rings. The van der Waals surface area contributed by atoms with Gasteiger partial charge in [0.2, 0.25) is 10.0 Å². The van der Waals surface area contributed by atoms with Crippen LogP contribution in [0.2, 0.25) is 0 Å². The summed E-state index contributed by atoms with van der Waals surface area (Å²) >= 11 is 0. The van der Waals surface area contributed by atoms with Crippen molar-refractivity contribution in [3.05, 3.63) is 23.5 Å². The van der Waals surface area contributed by atoms with Gasteiger partial charge in [-0.3, -0.25) is 9.47 Å². The Labute approximate surface area is 100 Å². The van der Waals surface area contributed by atoms with Crippen LogP contribution >= 0.6 is 0 Å². The van der Waals surface area contributed by atoms with Crippen molar-refractivity contribution in [3.63, 3.8) is 0 Å². The summed E-state index contributed by atoms with van der Waals surface area (Å²) in [6.07, 6.45) is -0.0470. The van der Waals surface area contributed by atoms with Gasteiger partial charge in [0.1, 0.15) is 0 Å². The Balaban J connectivity index is 2.64. The van der Waals surface area contributed by atoms with Crippen molar-refractivity contribution in [1.29, 1.82) is 0 Å². The van der Waals surface area contributed by atoms with E-state index < -0.39 is 16.0 Å². The number of nitrogens with zero attached hydrogens (tertiary/aromatic N) is 1. The fourth-order valence-corrected chi connectivity index (χ4v) is 2.59. The quantitative estimate of drug-likeness (QED) is 0.793. The highest BCUT2D eigenvalue weighted by Crippen LogP contribution is 2.06. The number of aryl methyl sites for hydroxylation is 2. The third kappa shape index (κ3) is 4.10. The number of aromatic nitrogens is 1. The lowest BCUT2D eigenvalue weighted by molar-refractivity contribution is -0.137. The van der Waals surface area contributed by atoms with Crippen molar-refractivity contribution >= 4 is 16.0 Å². The second-order valence-electron chi connectivity index (χ2n) is 3.86. The smallest absolute Gasteiger partial charge is 0.303 e. The minimum Gasteiger partial charge on any atom is -0.481 e. The number of sulfonamides is 1. The summed E-state index contributed by atoms with van der Waals surface area (Å²) in [6.45, 7) is 3.57. The summed E-state index contributed by atoms with van der Waals surface area (Å²) in [7, 11) is -3.50. The summed E-state index contributed by atoms with van der Waals surface area (Å²) in [5, 5.41) is 8.43. The van der Waals surface area contributed by atoms with Crippen LogP contribution in [0.4, 0.5) is 0 Å². The van der Waals surface area contributed by atoms with Crippen molar-refractivity contribution in [2.45, 2.75) is 26.7 Å².